The molecule has 8 heteroatoms. The van der Waals surface area contributed by atoms with Crippen LogP contribution in [-0.2, 0) is 38.9 Å². The second-order valence-corrected chi connectivity index (χ2v) is 10.5. The average molecular weight is 447 g/mol. The molecule has 2 aliphatic rings. The first-order valence-electron chi connectivity index (χ1n) is 10.2. The molecule has 2 aromatic rings. The van der Waals surface area contributed by atoms with E-state index in [9.17, 15) is 13.2 Å². The highest BCUT2D eigenvalue weighted by atomic mass is 32.2. The van der Waals surface area contributed by atoms with Crippen LogP contribution < -0.4 is 5.32 Å². The van der Waals surface area contributed by atoms with E-state index in [-0.39, 0.29) is 10.8 Å². The van der Waals surface area contributed by atoms with E-state index in [0.29, 0.717) is 38.6 Å². The van der Waals surface area contributed by atoms with Crippen molar-refractivity contribution < 1.29 is 17.9 Å². The number of morpholine rings is 1. The van der Waals surface area contributed by atoms with E-state index >= 15 is 0 Å². The van der Waals surface area contributed by atoms with Gasteiger partial charge in [-0.1, -0.05) is 18.2 Å². The van der Waals surface area contributed by atoms with Crippen LogP contribution in [0.15, 0.2) is 52.3 Å². The Morgan fingerprint density at radius 1 is 1.03 bits per heavy atom. The second kappa shape index (κ2) is 9.51. The molecule has 2 aromatic carbocycles. The fourth-order valence-corrected chi connectivity index (χ4v) is 5.95. The summed E-state index contributed by atoms with van der Waals surface area (Å²) in [6.07, 6.45) is 3.51. The van der Waals surface area contributed by atoms with Crippen molar-refractivity contribution >= 4 is 27.7 Å². The summed E-state index contributed by atoms with van der Waals surface area (Å²) in [5.41, 5.74) is 3.71. The van der Waals surface area contributed by atoms with Crippen LogP contribution in [0.1, 0.15) is 23.1 Å². The Labute approximate surface area is 182 Å². The number of amides is 1. The molecule has 1 aliphatic heterocycles. The summed E-state index contributed by atoms with van der Waals surface area (Å²) < 4.78 is 32.0. The second-order valence-electron chi connectivity index (χ2n) is 7.51. The van der Waals surface area contributed by atoms with Gasteiger partial charge in [-0.25, -0.2) is 8.42 Å². The fourth-order valence-electron chi connectivity index (χ4n) is 3.75. The van der Waals surface area contributed by atoms with Crippen molar-refractivity contribution in [1.29, 1.82) is 0 Å². The third-order valence-electron chi connectivity index (χ3n) is 5.46. The average Bonchev–Trinajstić information content (AvgIpc) is 3.25. The first kappa shape index (κ1) is 21.4. The lowest BCUT2D eigenvalue weighted by Gasteiger charge is -2.26. The number of rotatable bonds is 7. The third kappa shape index (κ3) is 5.06. The Morgan fingerprint density at radius 2 is 1.77 bits per heavy atom. The molecule has 0 saturated carbocycles. The molecule has 1 amide bonds. The van der Waals surface area contributed by atoms with Gasteiger partial charge in [0.25, 0.3) is 0 Å². The highest BCUT2D eigenvalue weighted by Gasteiger charge is 2.26. The van der Waals surface area contributed by atoms with Crippen LogP contribution in [0.2, 0.25) is 0 Å². The maximum atomic E-state index is 12.7. The Bertz CT molecular complexity index is 1000. The summed E-state index contributed by atoms with van der Waals surface area (Å²) in [7, 11) is -3.49. The first-order chi connectivity index (χ1) is 14.5. The van der Waals surface area contributed by atoms with Gasteiger partial charge in [-0.3, -0.25) is 4.79 Å². The summed E-state index contributed by atoms with van der Waals surface area (Å²) in [5, 5.41) is 2.91. The Balaban J connectivity index is 1.27. The summed E-state index contributed by atoms with van der Waals surface area (Å²) in [5.74, 6) is 0.327. The normalized spacial score (nSPS) is 16.9. The van der Waals surface area contributed by atoms with Crippen LogP contribution >= 0.6 is 11.8 Å². The number of nitrogens with one attached hydrogen (secondary N) is 1. The van der Waals surface area contributed by atoms with Gasteiger partial charge in [-0.15, -0.1) is 11.8 Å². The van der Waals surface area contributed by atoms with E-state index < -0.39 is 10.0 Å². The molecule has 160 valence electrons. The lowest BCUT2D eigenvalue weighted by molar-refractivity contribution is -0.118. The van der Waals surface area contributed by atoms with Crippen LogP contribution in [0.3, 0.4) is 0 Å². The van der Waals surface area contributed by atoms with Crippen molar-refractivity contribution in [3.63, 3.8) is 0 Å². The molecule has 0 bridgehead atoms. The summed E-state index contributed by atoms with van der Waals surface area (Å²) >= 11 is 1.54. The van der Waals surface area contributed by atoms with Gasteiger partial charge in [0.15, 0.2) is 0 Å². The number of carbonyl (C=O) groups excluding carboxylic acids is 1. The minimum atomic E-state index is -3.49. The number of sulfonamides is 1. The minimum absolute atomic E-state index is 0.0366. The topological polar surface area (TPSA) is 75.7 Å². The smallest absolute Gasteiger partial charge is 0.243 e. The molecule has 0 spiro atoms. The first-order valence-corrected chi connectivity index (χ1v) is 12.6. The maximum absolute atomic E-state index is 12.7. The van der Waals surface area contributed by atoms with Gasteiger partial charge < -0.3 is 10.1 Å². The Morgan fingerprint density at radius 3 is 2.53 bits per heavy atom. The van der Waals surface area contributed by atoms with Crippen molar-refractivity contribution in [1.82, 2.24) is 9.62 Å². The Kier molecular flexibility index (Phi) is 6.77. The summed E-state index contributed by atoms with van der Waals surface area (Å²) in [6, 6.07) is 13.2. The quantitative estimate of drug-likeness (QED) is 0.662. The van der Waals surface area contributed by atoms with E-state index in [1.165, 1.54) is 21.9 Å². The molecule has 0 unspecified atom stereocenters. The molecule has 0 aromatic heterocycles. The highest BCUT2D eigenvalue weighted by molar-refractivity contribution is 8.00. The van der Waals surface area contributed by atoms with Crippen molar-refractivity contribution in [3.8, 4) is 0 Å². The molecule has 0 atom stereocenters. The van der Waals surface area contributed by atoms with E-state index in [4.69, 9.17) is 4.74 Å². The fraction of sp³-hybridized carbons (Fsp3) is 0.409. The zero-order valence-electron chi connectivity index (χ0n) is 16.8. The zero-order chi connectivity index (χ0) is 21.0. The van der Waals surface area contributed by atoms with Crippen molar-refractivity contribution in [3.05, 3.63) is 59.2 Å². The van der Waals surface area contributed by atoms with Gasteiger partial charge in [0, 0.05) is 24.5 Å². The van der Waals surface area contributed by atoms with Gasteiger partial charge in [-0.2, -0.15) is 4.31 Å². The molecule has 1 saturated heterocycles. The molecule has 4 rings (SSSR count). The number of hydrogen-bond donors (Lipinski definition) is 1. The predicted octanol–water partition coefficient (Wildman–Crippen LogP) is 2.60. The number of carbonyl (C=O) groups is 1. The van der Waals surface area contributed by atoms with E-state index in [0.717, 1.165) is 23.3 Å². The zero-order valence-corrected chi connectivity index (χ0v) is 18.4. The minimum Gasteiger partial charge on any atom is -0.379 e. The van der Waals surface area contributed by atoms with E-state index in [1.54, 1.807) is 36.0 Å². The predicted molar refractivity (Wildman–Crippen MR) is 117 cm³/mol. The van der Waals surface area contributed by atoms with E-state index in [1.807, 2.05) is 0 Å². The van der Waals surface area contributed by atoms with Gasteiger partial charge >= 0.3 is 0 Å². The SMILES string of the molecule is O=C(CSc1ccc2c(c1)CCC2)NCc1ccc(S(=O)(=O)N2CCOCC2)cc1. The standard InChI is InChI=1S/C22H26N2O4S2/c25-22(16-29-20-7-6-18-2-1-3-19(18)14-20)23-15-17-4-8-21(9-5-17)30(26,27)24-10-12-28-13-11-24/h4-9,14H,1-3,10-13,15-16H2,(H,23,25). The molecule has 1 N–H and O–H groups in total. The number of hydrogen-bond acceptors (Lipinski definition) is 5. The molecular formula is C22H26N2O4S2. The van der Waals surface area contributed by atoms with Crippen LogP contribution in [0.4, 0.5) is 0 Å². The Hall–Kier alpha value is -1.87. The number of nitrogens with zero attached hydrogens (tertiary/aromatic N) is 1. The van der Waals surface area contributed by atoms with Crippen LogP contribution in [0.25, 0.3) is 0 Å². The molecule has 30 heavy (non-hydrogen) atoms. The maximum Gasteiger partial charge on any atom is 0.243 e. The third-order valence-corrected chi connectivity index (χ3v) is 8.37. The van der Waals surface area contributed by atoms with Crippen LogP contribution in [0, 0.1) is 0 Å². The lowest BCUT2D eigenvalue weighted by atomic mass is 10.1. The molecular weight excluding hydrogens is 420 g/mol. The summed E-state index contributed by atoms with van der Waals surface area (Å²) in [4.78, 5) is 13.6. The van der Waals surface area contributed by atoms with Gasteiger partial charge in [0.1, 0.15) is 0 Å². The summed E-state index contributed by atoms with van der Waals surface area (Å²) in [6.45, 7) is 1.98. The van der Waals surface area contributed by atoms with Crippen molar-refractivity contribution in [2.24, 2.45) is 0 Å². The molecule has 0 radical (unpaired) electrons. The molecule has 1 heterocycles. The number of benzene rings is 2. The largest absolute Gasteiger partial charge is 0.379 e. The van der Waals surface area contributed by atoms with Crippen molar-refractivity contribution in [2.45, 2.75) is 35.6 Å². The molecule has 6 nitrogen and oxygen atoms in total. The monoisotopic (exact) mass is 446 g/mol. The van der Waals surface area contributed by atoms with Crippen LogP contribution in [0.5, 0.6) is 0 Å². The van der Waals surface area contributed by atoms with E-state index in [2.05, 4.69) is 23.5 Å². The highest BCUT2D eigenvalue weighted by Crippen LogP contribution is 2.27. The van der Waals surface area contributed by atoms with Gasteiger partial charge in [-0.05, 0) is 60.2 Å². The molecule has 1 aliphatic carbocycles. The van der Waals surface area contributed by atoms with Crippen molar-refractivity contribution in [2.75, 3.05) is 32.1 Å². The van der Waals surface area contributed by atoms with Gasteiger partial charge in [0.2, 0.25) is 15.9 Å². The number of ether oxygens (including phenoxy) is 1. The van der Waals surface area contributed by atoms with Gasteiger partial charge in [0.05, 0.1) is 23.9 Å². The number of thioether (sulfide) groups is 1. The van der Waals surface area contributed by atoms with Crippen LogP contribution in [-0.4, -0.2) is 50.7 Å². The lowest BCUT2D eigenvalue weighted by Crippen LogP contribution is -2.40. The number of fused-ring (bicyclic) bond motifs is 1. The number of aryl methyl sites for hydroxylation is 2. The molecule has 1 fully saturated rings.